The molecule has 0 saturated heterocycles. The van der Waals surface area contributed by atoms with Crippen molar-refractivity contribution in [3.8, 4) is 11.5 Å². The van der Waals surface area contributed by atoms with Crippen LogP contribution in [-0.2, 0) is 16.0 Å². The number of nitrogens with zero attached hydrogens (tertiary/aromatic N) is 1. The van der Waals surface area contributed by atoms with Gasteiger partial charge in [-0.15, -0.1) is 0 Å². The molecule has 6 nitrogen and oxygen atoms in total. The van der Waals surface area contributed by atoms with E-state index in [0.29, 0.717) is 30.0 Å². The molecule has 26 heavy (non-hydrogen) atoms. The summed E-state index contributed by atoms with van der Waals surface area (Å²) in [5, 5.41) is 2.77. The van der Waals surface area contributed by atoms with Crippen molar-refractivity contribution >= 4 is 17.5 Å². The van der Waals surface area contributed by atoms with E-state index < -0.39 is 0 Å². The highest BCUT2D eigenvalue weighted by Gasteiger charge is 2.13. The summed E-state index contributed by atoms with van der Waals surface area (Å²) in [6.45, 7) is 0.00909. The molecule has 0 heterocycles. The number of anilines is 1. The smallest absolute Gasteiger partial charge is 0.243 e. The highest BCUT2D eigenvalue weighted by atomic mass is 16.5. The molecule has 6 heteroatoms. The van der Waals surface area contributed by atoms with Crippen molar-refractivity contribution in [3.05, 3.63) is 54.1 Å². The predicted octanol–water partition coefficient (Wildman–Crippen LogP) is 2.73. The quantitative estimate of drug-likeness (QED) is 0.790. The van der Waals surface area contributed by atoms with Gasteiger partial charge < -0.3 is 19.7 Å². The molecular weight excluding hydrogens is 332 g/mol. The zero-order valence-corrected chi connectivity index (χ0v) is 15.3. The standard InChI is InChI=1S/C20H24N2O4/c1-22(14-19(23)21-16-7-5-4-6-8-16)20(24)10-9-15-11-17(25-2)13-18(12-15)26-3/h4-8,11-13H,9-10,14H2,1-3H3,(H,21,23). The Morgan fingerprint density at radius 2 is 1.62 bits per heavy atom. The fourth-order valence-electron chi connectivity index (χ4n) is 2.48. The average molecular weight is 356 g/mol. The second kappa shape index (κ2) is 9.46. The van der Waals surface area contributed by atoms with E-state index in [1.165, 1.54) is 4.90 Å². The number of carbonyl (C=O) groups is 2. The molecule has 2 rings (SSSR count). The first-order chi connectivity index (χ1) is 12.5. The van der Waals surface area contributed by atoms with Crippen LogP contribution in [0.2, 0.25) is 0 Å². The van der Waals surface area contributed by atoms with Crippen molar-refractivity contribution < 1.29 is 19.1 Å². The van der Waals surface area contributed by atoms with Crippen molar-refractivity contribution in [1.82, 2.24) is 4.90 Å². The number of ether oxygens (including phenoxy) is 2. The van der Waals surface area contributed by atoms with Crippen LogP contribution in [0.4, 0.5) is 5.69 Å². The molecule has 0 aliphatic carbocycles. The van der Waals surface area contributed by atoms with Crippen LogP contribution in [0.15, 0.2) is 48.5 Å². The van der Waals surface area contributed by atoms with Crippen LogP contribution in [0.25, 0.3) is 0 Å². The summed E-state index contributed by atoms with van der Waals surface area (Å²) >= 11 is 0. The van der Waals surface area contributed by atoms with E-state index in [1.807, 2.05) is 30.3 Å². The van der Waals surface area contributed by atoms with E-state index in [0.717, 1.165) is 5.56 Å². The number of hydrogen-bond donors (Lipinski definition) is 1. The summed E-state index contributed by atoms with van der Waals surface area (Å²) in [5.41, 5.74) is 1.65. The molecule has 0 aliphatic heterocycles. The second-order valence-corrected chi connectivity index (χ2v) is 5.88. The number of carbonyl (C=O) groups excluding carboxylic acids is 2. The van der Waals surface area contributed by atoms with Crippen LogP contribution in [0.1, 0.15) is 12.0 Å². The van der Waals surface area contributed by atoms with Crippen molar-refractivity contribution in [3.63, 3.8) is 0 Å². The summed E-state index contributed by atoms with van der Waals surface area (Å²) in [7, 11) is 4.80. The van der Waals surface area contributed by atoms with E-state index >= 15 is 0 Å². The summed E-state index contributed by atoms with van der Waals surface area (Å²) in [6.07, 6.45) is 0.836. The van der Waals surface area contributed by atoms with Crippen LogP contribution in [0.5, 0.6) is 11.5 Å². The van der Waals surface area contributed by atoms with Gasteiger partial charge in [-0.25, -0.2) is 0 Å². The van der Waals surface area contributed by atoms with Gasteiger partial charge in [-0.1, -0.05) is 18.2 Å². The Hall–Kier alpha value is -3.02. The lowest BCUT2D eigenvalue weighted by Crippen LogP contribution is -2.35. The Morgan fingerprint density at radius 1 is 1.00 bits per heavy atom. The minimum absolute atomic E-state index is 0.00909. The number of rotatable bonds is 8. The van der Waals surface area contributed by atoms with E-state index in [-0.39, 0.29) is 18.4 Å². The third-order valence-corrected chi connectivity index (χ3v) is 3.90. The van der Waals surface area contributed by atoms with Gasteiger partial charge in [0.25, 0.3) is 0 Å². The fourth-order valence-corrected chi connectivity index (χ4v) is 2.48. The first-order valence-corrected chi connectivity index (χ1v) is 8.32. The monoisotopic (exact) mass is 356 g/mol. The molecule has 0 fully saturated rings. The Kier molecular flexibility index (Phi) is 7.02. The Morgan fingerprint density at radius 3 is 2.19 bits per heavy atom. The van der Waals surface area contributed by atoms with Gasteiger partial charge in [0.2, 0.25) is 11.8 Å². The van der Waals surface area contributed by atoms with Crippen molar-refractivity contribution in [2.24, 2.45) is 0 Å². The molecule has 1 N–H and O–H groups in total. The normalized spacial score (nSPS) is 10.1. The number of para-hydroxylation sites is 1. The predicted molar refractivity (Wildman–Crippen MR) is 101 cm³/mol. The zero-order chi connectivity index (χ0) is 18.9. The lowest BCUT2D eigenvalue weighted by atomic mass is 10.1. The number of nitrogens with one attached hydrogen (secondary N) is 1. The molecule has 0 aliphatic rings. The second-order valence-electron chi connectivity index (χ2n) is 5.88. The summed E-state index contributed by atoms with van der Waals surface area (Å²) in [4.78, 5) is 25.8. The van der Waals surface area contributed by atoms with Crippen LogP contribution in [0, 0.1) is 0 Å². The molecule has 0 bridgehead atoms. The Balaban J connectivity index is 1.86. The van der Waals surface area contributed by atoms with Gasteiger partial charge in [0.1, 0.15) is 11.5 Å². The van der Waals surface area contributed by atoms with Gasteiger partial charge in [0.05, 0.1) is 20.8 Å². The highest BCUT2D eigenvalue weighted by Crippen LogP contribution is 2.23. The van der Waals surface area contributed by atoms with Crippen LogP contribution >= 0.6 is 0 Å². The highest BCUT2D eigenvalue weighted by molar-refractivity contribution is 5.94. The van der Waals surface area contributed by atoms with Gasteiger partial charge in [-0.3, -0.25) is 9.59 Å². The number of methoxy groups -OCH3 is 2. The van der Waals surface area contributed by atoms with Crippen molar-refractivity contribution in [2.75, 3.05) is 33.1 Å². The molecule has 0 radical (unpaired) electrons. The summed E-state index contributed by atoms with van der Waals surface area (Å²) < 4.78 is 10.5. The number of likely N-dealkylation sites (N-methyl/N-ethyl adjacent to an activating group) is 1. The zero-order valence-electron chi connectivity index (χ0n) is 15.3. The third-order valence-electron chi connectivity index (χ3n) is 3.90. The molecule has 0 unspecified atom stereocenters. The molecule has 0 atom stereocenters. The van der Waals surface area contributed by atoms with Gasteiger partial charge in [0.15, 0.2) is 0 Å². The maximum Gasteiger partial charge on any atom is 0.243 e. The summed E-state index contributed by atoms with van der Waals surface area (Å²) in [5.74, 6) is 1.04. The van der Waals surface area contributed by atoms with E-state index in [4.69, 9.17) is 9.47 Å². The van der Waals surface area contributed by atoms with Crippen LogP contribution in [-0.4, -0.2) is 44.5 Å². The number of aryl methyl sites for hydroxylation is 1. The van der Waals surface area contributed by atoms with Gasteiger partial charge >= 0.3 is 0 Å². The molecule has 2 aromatic rings. The summed E-state index contributed by atoms with van der Waals surface area (Å²) in [6, 6.07) is 14.7. The third kappa shape index (κ3) is 5.81. The first-order valence-electron chi connectivity index (χ1n) is 8.32. The molecule has 138 valence electrons. The maximum absolute atomic E-state index is 12.3. The lowest BCUT2D eigenvalue weighted by molar-refractivity contribution is -0.133. The van der Waals surface area contributed by atoms with E-state index in [2.05, 4.69) is 5.32 Å². The fraction of sp³-hybridized carbons (Fsp3) is 0.300. The Labute approximate surface area is 153 Å². The minimum Gasteiger partial charge on any atom is -0.497 e. The molecular formula is C20H24N2O4. The Bertz CT molecular complexity index is 724. The van der Waals surface area contributed by atoms with Gasteiger partial charge in [-0.2, -0.15) is 0 Å². The number of hydrogen-bond acceptors (Lipinski definition) is 4. The molecule has 0 spiro atoms. The molecule has 0 saturated carbocycles. The maximum atomic E-state index is 12.3. The molecule has 0 aromatic heterocycles. The van der Waals surface area contributed by atoms with E-state index in [9.17, 15) is 9.59 Å². The average Bonchev–Trinajstić information content (AvgIpc) is 2.66. The van der Waals surface area contributed by atoms with Gasteiger partial charge in [-0.05, 0) is 36.2 Å². The number of benzene rings is 2. The lowest BCUT2D eigenvalue weighted by Gasteiger charge is -2.17. The topological polar surface area (TPSA) is 67.9 Å². The van der Waals surface area contributed by atoms with Crippen molar-refractivity contribution in [1.29, 1.82) is 0 Å². The van der Waals surface area contributed by atoms with Crippen LogP contribution in [0.3, 0.4) is 0 Å². The van der Waals surface area contributed by atoms with Crippen molar-refractivity contribution in [2.45, 2.75) is 12.8 Å². The molecule has 2 amide bonds. The largest absolute Gasteiger partial charge is 0.497 e. The first kappa shape index (κ1) is 19.3. The molecule has 2 aromatic carbocycles. The van der Waals surface area contributed by atoms with E-state index in [1.54, 1.807) is 39.5 Å². The SMILES string of the molecule is COc1cc(CCC(=O)N(C)CC(=O)Nc2ccccc2)cc(OC)c1. The minimum atomic E-state index is -0.227. The van der Waals surface area contributed by atoms with Gasteiger partial charge in [0, 0.05) is 25.2 Å². The van der Waals surface area contributed by atoms with Crippen LogP contribution < -0.4 is 14.8 Å². The number of amides is 2.